The molecule has 3 aromatic carbocycles. The van der Waals surface area contributed by atoms with Crippen LogP contribution in [0.3, 0.4) is 0 Å². The maximum absolute atomic E-state index is 13.1. The van der Waals surface area contributed by atoms with Gasteiger partial charge in [0.25, 0.3) is 0 Å². The molecular weight excluding hydrogens is 810 g/mol. The number of guanidine groups is 2. The predicted octanol–water partition coefficient (Wildman–Crippen LogP) is -3.39. The topological polar surface area (TPSA) is 346 Å². The molecule has 15 atom stereocenters. The van der Waals surface area contributed by atoms with Gasteiger partial charge in [-0.1, -0.05) is 91.0 Å². The van der Waals surface area contributed by atoms with E-state index in [0.29, 0.717) is 16.7 Å². The van der Waals surface area contributed by atoms with E-state index < -0.39 is 122 Å². The van der Waals surface area contributed by atoms with Gasteiger partial charge in [0.2, 0.25) is 0 Å². The summed E-state index contributed by atoms with van der Waals surface area (Å²) in [4.78, 5) is 20.1. The van der Waals surface area contributed by atoms with E-state index in [9.17, 15) is 40.5 Å². The van der Waals surface area contributed by atoms with Crippen LogP contribution in [-0.4, -0.2) is 164 Å². The lowest BCUT2D eigenvalue weighted by molar-refractivity contribution is -0.319. The average Bonchev–Trinajstić information content (AvgIpc) is 3.48. The van der Waals surface area contributed by atoms with Crippen LogP contribution in [0.1, 0.15) is 30.5 Å². The SMILES string of the molecule is CC(=O)CN[C@@H]1[C@H](O[C@H]2[C@H](O[C@H]3[C@H](O)[C@@H](O)[C@H](N=C(N)N)[C@@H](O)[C@@H]3N=C(N)N)O[C@@H](C)[C@]2(O)COC(c2ccccc2)(c2ccccc2)c2ccccc2)O[C@@H](CO)[C@H](O)[C@H]1O. The van der Waals surface area contributed by atoms with Gasteiger partial charge in [-0.3, -0.25) is 4.79 Å². The van der Waals surface area contributed by atoms with Crippen molar-refractivity contribution in [1.29, 1.82) is 0 Å². The first kappa shape index (κ1) is 46.8. The maximum Gasteiger partial charge on any atom is 0.187 e. The maximum atomic E-state index is 13.1. The van der Waals surface area contributed by atoms with Crippen LogP contribution in [0.25, 0.3) is 0 Å². The first-order valence-corrected chi connectivity index (χ1v) is 20.1. The monoisotopic (exact) mass is 867 g/mol. The molecule has 3 aromatic rings. The second kappa shape index (κ2) is 19.8. The molecule has 3 aliphatic rings. The number of nitrogens with two attached hydrogens (primary N) is 4. The van der Waals surface area contributed by atoms with Crippen molar-refractivity contribution in [2.45, 2.75) is 111 Å². The van der Waals surface area contributed by atoms with Gasteiger partial charge in [0.05, 0.1) is 31.9 Å². The minimum Gasteiger partial charge on any atom is -0.394 e. The molecule has 0 bridgehead atoms. The highest BCUT2D eigenvalue weighted by atomic mass is 16.8. The first-order chi connectivity index (χ1) is 29.5. The Morgan fingerprint density at radius 2 is 1.24 bits per heavy atom. The summed E-state index contributed by atoms with van der Waals surface area (Å²) in [6.45, 7) is 1.15. The summed E-state index contributed by atoms with van der Waals surface area (Å²) in [5.41, 5.74) is 21.0. The van der Waals surface area contributed by atoms with E-state index in [-0.39, 0.29) is 12.3 Å². The highest BCUT2D eigenvalue weighted by Crippen LogP contribution is 2.45. The van der Waals surface area contributed by atoms with E-state index in [1.54, 1.807) is 0 Å². The lowest BCUT2D eigenvalue weighted by atomic mass is 9.79. The second-order valence-corrected chi connectivity index (χ2v) is 15.7. The fourth-order valence-electron chi connectivity index (χ4n) is 8.32. The fraction of sp³-hybridized carbons (Fsp3) is 0.500. The summed E-state index contributed by atoms with van der Waals surface area (Å²) in [5.74, 6) is -1.39. The Balaban J connectivity index is 1.46. The number of nitrogens with zero attached hydrogens (tertiary/aromatic N) is 2. The normalized spacial score (nSPS) is 34.9. The van der Waals surface area contributed by atoms with Crippen LogP contribution in [0.5, 0.6) is 0 Å². The summed E-state index contributed by atoms with van der Waals surface area (Å²) < 4.78 is 32.2. The molecule has 1 aliphatic carbocycles. The van der Waals surface area contributed by atoms with E-state index in [1.165, 1.54) is 13.8 Å². The Kier molecular flexibility index (Phi) is 15.0. The molecule has 0 aromatic heterocycles. The van der Waals surface area contributed by atoms with Gasteiger partial charge >= 0.3 is 0 Å². The van der Waals surface area contributed by atoms with E-state index >= 15 is 0 Å². The Hall–Kier alpha value is -4.65. The largest absolute Gasteiger partial charge is 0.394 e. The average molecular weight is 868 g/mol. The molecule has 338 valence electrons. The Labute approximate surface area is 357 Å². The van der Waals surface area contributed by atoms with Crippen LogP contribution in [0.2, 0.25) is 0 Å². The van der Waals surface area contributed by atoms with Crippen molar-refractivity contribution in [2.75, 3.05) is 19.8 Å². The Morgan fingerprint density at radius 1 is 0.726 bits per heavy atom. The van der Waals surface area contributed by atoms with Crippen molar-refractivity contribution >= 4 is 17.7 Å². The zero-order valence-corrected chi connectivity index (χ0v) is 34.1. The predicted molar refractivity (Wildman–Crippen MR) is 222 cm³/mol. The number of benzene rings is 3. The number of carbonyl (C=O) groups is 1. The molecule has 0 radical (unpaired) electrons. The molecule has 2 aliphatic heterocycles. The number of nitrogens with one attached hydrogen (secondary N) is 1. The molecule has 0 amide bonds. The van der Waals surface area contributed by atoms with Crippen molar-refractivity contribution < 1.29 is 64.2 Å². The zero-order valence-electron chi connectivity index (χ0n) is 34.1. The number of hydrogen-bond donors (Lipinski definition) is 12. The number of rotatable bonds is 16. The van der Waals surface area contributed by atoms with E-state index in [4.69, 9.17) is 46.6 Å². The van der Waals surface area contributed by atoms with Gasteiger partial charge in [0.15, 0.2) is 24.5 Å². The first-order valence-electron chi connectivity index (χ1n) is 20.1. The van der Waals surface area contributed by atoms with Crippen molar-refractivity contribution in [1.82, 2.24) is 5.32 Å². The standard InChI is InChI=1S/C42H57N7O13/c1-21(51)18-47-29-33(55)30(52)26(19-50)60-37(29)62-36-38(61-35-28(49-40(45)46)31(53)27(48-39(43)44)32(54)34(35)56)59-22(2)41(36,57)20-58-42(23-12-6-3-7-13-23,24-14-8-4-9-15-24)25-16-10-5-11-17-25/h3-17,22,26-38,47,50,52-57H,18-20H2,1-2H3,(H4,43,44,48)(H4,45,46,49)/t22-,26-,27+,28-,29-,30-,31+,32-,33-,34+,35+,36-,37-,38-,41+/m0/s1. The quantitative estimate of drug-likeness (QED) is 0.0379. The third kappa shape index (κ3) is 9.48. The van der Waals surface area contributed by atoms with Gasteiger partial charge in [-0.25, -0.2) is 9.98 Å². The van der Waals surface area contributed by atoms with Crippen molar-refractivity contribution in [3.8, 4) is 0 Å². The summed E-state index contributed by atoms with van der Waals surface area (Å²) in [7, 11) is 0. The summed E-state index contributed by atoms with van der Waals surface area (Å²) in [6.07, 6.45) is -18.3. The molecule has 62 heavy (non-hydrogen) atoms. The number of Topliss-reactive ketones (excluding diaryl/α,β-unsaturated/α-hetero) is 1. The molecule has 1 saturated carbocycles. The molecular formula is C42H57N7O13. The highest BCUT2D eigenvalue weighted by Gasteiger charge is 2.61. The van der Waals surface area contributed by atoms with E-state index in [1.807, 2.05) is 91.0 Å². The zero-order chi connectivity index (χ0) is 44.9. The van der Waals surface area contributed by atoms with E-state index in [0.717, 1.165) is 0 Å². The van der Waals surface area contributed by atoms with Crippen LogP contribution >= 0.6 is 0 Å². The molecule has 0 unspecified atom stereocenters. The van der Waals surface area contributed by atoms with Crippen LogP contribution in [-0.2, 0) is 34.1 Å². The molecule has 6 rings (SSSR count). The number of carbonyl (C=O) groups excluding carboxylic acids is 1. The van der Waals surface area contributed by atoms with Crippen molar-refractivity contribution in [3.05, 3.63) is 108 Å². The smallest absolute Gasteiger partial charge is 0.187 e. The molecule has 20 nitrogen and oxygen atoms in total. The fourth-order valence-corrected chi connectivity index (χ4v) is 8.32. The van der Waals surface area contributed by atoms with Gasteiger partial charge in [-0.2, -0.15) is 0 Å². The third-order valence-electron chi connectivity index (χ3n) is 11.6. The molecule has 2 saturated heterocycles. The van der Waals surface area contributed by atoms with Crippen LogP contribution < -0.4 is 28.3 Å². The number of ether oxygens (including phenoxy) is 5. The van der Waals surface area contributed by atoms with Crippen molar-refractivity contribution in [2.24, 2.45) is 32.9 Å². The summed E-state index contributed by atoms with van der Waals surface area (Å²) >= 11 is 0. The summed E-state index contributed by atoms with van der Waals surface area (Å²) in [6, 6.07) is 23.5. The molecule has 3 fully saturated rings. The molecule has 20 heteroatoms. The lowest BCUT2D eigenvalue weighted by Gasteiger charge is -2.46. The molecule has 16 N–H and O–H groups in total. The highest BCUT2D eigenvalue weighted by molar-refractivity contribution is 5.77. The Morgan fingerprint density at radius 3 is 1.73 bits per heavy atom. The number of aliphatic hydroxyl groups excluding tert-OH is 6. The van der Waals surface area contributed by atoms with Gasteiger partial charge in [0, 0.05) is 0 Å². The number of aliphatic hydroxyl groups is 7. The number of hydrogen-bond acceptors (Lipinski definition) is 16. The van der Waals surface area contributed by atoms with Gasteiger partial charge in [0.1, 0.15) is 77.9 Å². The van der Waals surface area contributed by atoms with Crippen LogP contribution in [0, 0.1) is 0 Å². The van der Waals surface area contributed by atoms with Crippen LogP contribution in [0.4, 0.5) is 0 Å². The molecule has 0 spiro atoms. The lowest BCUT2D eigenvalue weighted by Crippen LogP contribution is -2.67. The van der Waals surface area contributed by atoms with Gasteiger partial charge in [-0.15, -0.1) is 0 Å². The molecule has 2 heterocycles. The second-order valence-electron chi connectivity index (χ2n) is 15.7. The summed E-state index contributed by atoms with van der Waals surface area (Å²) in [5, 5.41) is 82.4. The van der Waals surface area contributed by atoms with Crippen molar-refractivity contribution in [3.63, 3.8) is 0 Å². The van der Waals surface area contributed by atoms with Gasteiger partial charge < -0.3 is 87.7 Å². The minimum absolute atomic E-state index is 0.304. The number of aliphatic imine (C=N–C) groups is 2. The van der Waals surface area contributed by atoms with Gasteiger partial charge in [-0.05, 0) is 30.5 Å². The van der Waals surface area contributed by atoms with E-state index in [2.05, 4.69) is 15.3 Å². The Bertz CT molecular complexity index is 1880. The third-order valence-corrected chi connectivity index (χ3v) is 11.6. The minimum atomic E-state index is -2.25. The number of ketones is 1. The van der Waals surface area contributed by atoms with Crippen LogP contribution in [0.15, 0.2) is 101 Å².